The molecular weight excluding hydrogens is 210 g/mol. The Hall–Kier alpha value is -1.95. The summed E-state index contributed by atoms with van der Waals surface area (Å²) in [5, 5.41) is 16.3. The van der Waals surface area contributed by atoms with Crippen LogP contribution in [0.25, 0.3) is 5.65 Å². The normalized spacial score (nSPS) is 10.8. The average molecular weight is 221 g/mol. The molecule has 0 fully saturated rings. The smallest absolute Gasteiger partial charge is 0.329 e. The molecule has 2 heterocycles. The lowest BCUT2D eigenvalue weighted by Gasteiger charge is -2.00. The topological polar surface area (TPSA) is 76.7 Å². The molecule has 0 amide bonds. The number of aliphatic carboxylic acids is 1. The second kappa shape index (κ2) is 4.28. The van der Waals surface area contributed by atoms with Crippen LogP contribution in [0.2, 0.25) is 0 Å². The minimum absolute atomic E-state index is 0.135. The van der Waals surface area contributed by atoms with Gasteiger partial charge in [-0.25, -0.2) is 4.79 Å². The van der Waals surface area contributed by atoms with Gasteiger partial charge in [-0.05, 0) is 24.6 Å². The third-order valence-corrected chi connectivity index (χ3v) is 2.09. The molecule has 84 valence electrons. The Labute approximate surface area is 91.5 Å². The standard InChI is InChI=1S/C10H11N3O3/c1-7-2-3-13-8(4-7)11-12-9(13)5-16-6-10(14)15/h2-4H,5-6H2,1H3,(H,14,15). The molecule has 16 heavy (non-hydrogen) atoms. The number of hydrogen-bond donors (Lipinski definition) is 1. The summed E-state index contributed by atoms with van der Waals surface area (Å²) in [5.74, 6) is -0.402. The molecule has 0 aromatic carbocycles. The first-order valence-electron chi connectivity index (χ1n) is 4.76. The van der Waals surface area contributed by atoms with E-state index in [4.69, 9.17) is 9.84 Å². The van der Waals surface area contributed by atoms with E-state index in [1.54, 1.807) is 4.40 Å². The lowest BCUT2D eigenvalue weighted by Crippen LogP contribution is -2.08. The molecule has 0 aliphatic heterocycles. The lowest BCUT2D eigenvalue weighted by atomic mass is 10.3. The number of fused-ring (bicyclic) bond motifs is 1. The molecule has 0 saturated heterocycles. The quantitative estimate of drug-likeness (QED) is 0.819. The van der Waals surface area contributed by atoms with Crippen molar-refractivity contribution >= 4 is 11.6 Å². The predicted octanol–water partition coefficient (Wildman–Crippen LogP) is 0.639. The molecule has 0 unspecified atom stereocenters. The van der Waals surface area contributed by atoms with Gasteiger partial charge >= 0.3 is 5.97 Å². The van der Waals surface area contributed by atoms with Gasteiger partial charge in [0.2, 0.25) is 0 Å². The third kappa shape index (κ3) is 2.17. The highest BCUT2D eigenvalue weighted by atomic mass is 16.5. The number of aryl methyl sites for hydroxylation is 1. The van der Waals surface area contributed by atoms with Crippen molar-refractivity contribution in [3.63, 3.8) is 0 Å². The van der Waals surface area contributed by atoms with E-state index >= 15 is 0 Å². The number of pyridine rings is 1. The summed E-state index contributed by atoms with van der Waals surface area (Å²) in [4.78, 5) is 10.3. The van der Waals surface area contributed by atoms with Crippen LogP contribution in [0.5, 0.6) is 0 Å². The van der Waals surface area contributed by atoms with Gasteiger partial charge in [0.25, 0.3) is 0 Å². The van der Waals surface area contributed by atoms with E-state index in [1.165, 1.54) is 0 Å². The zero-order valence-electron chi connectivity index (χ0n) is 8.75. The van der Waals surface area contributed by atoms with E-state index in [0.717, 1.165) is 11.2 Å². The Balaban J connectivity index is 2.15. The van der Waals surface area contributed by atoms with Crippen molar-refractivity contribution in [2.24, 2.45) is 0 Å². The lowest BCUT2D eigenvalue weighted by molar-refractivity contribution is -0.142. The van der Waals surface area contributed by atoms with Gasteiger partial charge in [-0.1, -0.05) is 0 Å². The highest BCUT2D eigenvalue weighted by molar-refractivity contribution is 5.67. The molecule has 1 N–H and O–H groups in total. The first-order chi connectivity index (χ1) is 7.66. The number of ether oxygens (including phenoxy) is 1. The number of hydrogen-bond acceptors (Lipinski definition) is 4. The maximum atomic E-state index is 10.3. The van der Waals surface area contributed by atoms with Crippen LogP contribution in [0.3, 0.4) is 0 Å². The molecule has 2 rings (SSSR count). The molecule has 2 aromatic heterocycles. The Bertz CT molecular complexity index is 521. The van der Waals surface area contributed by atoms with Crippen molar-refractivity contribution in [3.8, 4) is 0 Å². The van der Waals surface area contributed by atoms with Crippen LogP contribution >= 0.6 is 0 Å². The van der Waals surface area contributed by atoms with Gasteiger partial charge in [-0.3, -0.25) is 4.40 Å². The van der Waals surface area contributed by atoms with Crippen molar-refractivity contribution in [2.45, 2.75) is 13.5 Å². The van der Waals surface area contributed by atoms with Crippen LogP contribution in [0.15, 0.2) is 18.3 Å². The zero-order chi connectivity index (χ0) is 11.5. The Morgan fingerprint density at radius 2 is 2.38 bits per heavy atom. The number of aromatic nitrogens is 3. The molecular formula is C10H11N3O3. The fourth-order valence-corrected chi connectivity index (χ4v) is 1.37. The largest absolute Gasteiger partial charge is 0.480 e. The minimum Gasteiger partial charge on any atom is -0.480 e. The van der Waals surface area contributed by atoms with E-state index in [1.807, 2.05) is 25.3 Å². The fraction of sp³-hybridized carbons (Fsp3) is 0.300. The number of carboxylic acids is 1. The van der Waals surface area contributed by atoms with Gasteiger partial charge in [0.15, 0.2) is 11.5 Å². The van der Waals surface area contributed by atoms with Crippen LogP contribution in [-0.2, 0) is 16.1 Å². The first kappa shape index (κ1) is 10.6. The molecule has 0 radical (unpaired) electrons. The summed E-state index contributed by atoms with van der Waals surface area (Å²) >= 11 is 0. The molecule has 2 aromatic rings. The van der Waals surface area contributed by atoms with Crippen molar-refractivity contribution in [2.75, 3.05) is 6.61 Å². The number of carboxylic acid groups (broad SMARTS) is 1. The second-order valence-corrected chi connectivity index (χ2v) is 3.44. The molecule has 0 aliphatic rings. The Morgan fingerprint density at radius 3 is 3.12 bits per heavy atom. The zero-order valence-corrected chi connectivity index (χ0v) is 8.75. The monoisotopic (exact) mass is 221 g/mol. The maximum Gasteiger partial charge on any atom is 0.329 e. The summed E-state index contributed by atoms with van der Waals surface area (Å²) in [7, 11) is 0. The van der Waals surface area contributed by atoms with Crippen molar-refractivity contribution in [3.05, 3.63) is 29.7 Å². The van der Waals surface area contributed by atoms with Crippen LogP contribution in [0.4, 0.5) is 0 Å². The van der Waals surface area contributed by atoms with E-state index in [9.17, 15) is 4.79 Å². The van der Waals surface area contributed by atoms with Crippen LogP contribution in [0, 0.1) is 6.92 Å². The summed E-state index contributed by atoms with van der Waals surface area (Å²) in [5.41, 5.74) is 1.83. The predicted molar refractivity (Wildman–Crippen MR) is 55.0 cm³/mol. The molecule has 0 spiro atoms. The van der Waals surface area contributed by atoms with Gasteiger partial charge in [0.1, 0.15) is 13.2 Å². The molecule has 0 bridgehead atoms. The SMILES string of the molecule is Cc1ccn2c(COCC(=O)O)nnc2c1. The third-order valence-electron chi connectivity index (χ3n) is 2.09. The molecule has 6 nitrogen and oxygen atoms in total. The summed E-state index contributed by atoms with van der Waals surface area (Å²) in [6, 6.07) is 3.82. The van der Waals surface area contributed by atoms with Gasteiger partial charge in [-0.15, -0.1) is 10.2 Å². The number of nitrogens with zero attached hydrogens (tertiary/aromatic N) is 3. The number of rotatable bonds is 4. The van der Waals surface area contributed by atoms with E-state index < -0.39 is 5.97 Å². The van der Waals surface area contributed by atoms with Crippen LogP contribution in [-0.4, -0.2) is 32.3 Å². The molecule has 0 saturated carbocycles. The summed E-state index contributed by atoms with van der Waals surface area (Å²) in [6.07, 6.45) is 1.84. The highest BCUT2D eigenvalue weighted by Crippen LogP contribution is 2.07. The van der Waals surface area contributed by atoms with Crippen molar-refractivity contribution < 1.29 is 14.6 Å². The fourth-order valence-electron chi connectivity index (χ4n) is 1.37. The highest BCUT2D eigenvalue weighted by Gasteiger charge is 2.06. The molecule has 0 aliphatic carbocycles. The van der Waals surface area contributed by atoms with E-state index in [0.29, 0.717) is 5.82 Å². The van der Waals surface area contributed by atoms with Gasteiger partial charge in [0.05, 0.1) is 0 Å². The number of carbonyl (C=O) groups is 1. The van der Waals surface area contributed by atoms with Crippen LogP contribution in [0.1, 0.15) is 11.4 Å². The Morgan fingerprint density at radius 1 is 1.56 bits per heavy atom. The van der Waals surface area contributed by atoms with E-state index in [2.05, 4.69) is 10.2 Å². The van der Waals surface area contributed by atoms with Crippen molar-refractivity contribution in [1.82, 2.24) is 14.6 Å². The van der Waals surface area contributed by atoms with Crippen LogP contribution < -0.4 is 0 Å². The first-order valence-corrected chi connectivity index (χ1v) is 4.76. The van der Waals surface area contributed by atoms with Gasteiger partial charge in [0, 0.05) is 6.20 Å². The Kier molecular flexibility index (Phi) is 2.82. The minimum atomic E-state index is -0.996. The van der Waals surface area contributed by atoms with Gasteiger partial charge in [-0.2, -0.15) is 0 Å². The maximum absolute atomic E-state index is 10.3. The average Bonchev–Trinajstić information content (AvgIpc) is 2.60. The van der Waals surface area contributed by atoms with Gasteiger partial charge < -0.3 is 9.84 Å². The van der Waals surface area contributed by atoms with E-state index in [-0.39, 0.29) is 13.2 Å². The summed E-state index contributed by atoms with van der Waals surface area (Å²) < 4.78 is 6.73. The molecule has 6 heteroatoms. The van der Waals surface area contributed by atoms with Crippen molar-refractivity contribution in [1.29, 1.82) is 0 Å². The summed E-state index contributed by atoms with van der Waals surface area (Å²) in [6.45, 7) is 1.77. The molecule has 0 atom stereocenters. The second-order valence-electron chi connectivity index (χ2n) is 3.44.